The van der Waals surface area contributed by atoms with E-state index in [1.807, 2.05) is 0 Å². The SMILES string of the molecule is NC(=O)c1[c]cnc2[nH]c(=O)[nH]c12. The van der Waals surface area contributed by atoms with Crippen molar-refractivity contribution in [2.24, 2.45) is 5.73 Å². The van der Waals surface area contributed by atoms with Crippen LogP contribution in [0.4, 0.5) is 0 Å². The van der Waals surface area contributed by atoms with E-state index in [0.717, 1.165) is 0 Å². The Kier molecular flexibility index (Phi) is 1.42. The summed E-state index contributed by atoms with van der Waals surface area (Å²) < 4.78 is 0. The van der Waals surface area contributed by atoms with Crippen LogP contribution in [0.15, 0.2) is 11.0 Å². The predicted molar refractivity (Wildman–Crippen MR) is 44.1 cm³/mol. The van der Waals surface area contributed by atoms with Gasteiger partial charge in [-0.2, -0.15) is 0 Å². The first-order chi connectivity index (χ1) is 6.18. The zero-order valence-corrected chi connectivity index (χ0v) is 6.42. The molecule has 2 aromatic rings. The second-order valence-electron chi connectivity index (χ2n) is 2.44. The molecule has 0 fully saturated rings. The molecule has 13 heavy (non-hydrogen) atoms. The minimum atomic E-state index is -0.650. The van der Waals surface area contributed by atoms with Crippen molar-refractivity contribution in [3.63, 3.8) is 0 Å². The number of amides is 1. The summed E-state index contributed by atoms with van der Waals surface area (Å²) in [5.74, 6) is -0.650. The van der Waals surface area contributed by atoms with Crippen molar-refractivity contribution >= 4 is 17.1 Å². The molecule has 2 heterocycles. The number of nitrogens with one attached hydrogen (secondary N) is 2. The Morgan fingerprint density at radius 1 is 1.54 bits per heavy atom. The Morgan fingerprint density at radius 2 is 2.31 bits per heavy atom. The van der Waals surface area contributed by atoms with Gasteiger partial charge in [0.1, 0.15) is 0 Å². The average molecular weight is 177 g/mol. The van der Waals surface area contributed by atoms with E-state index in [1.165, 1.54) is 6.20 Å². The Bertz CT molecular complexity index is 525. The first kappa shape index (κ1) is 7.53. The maximum atomic E-state index is 10.9. The van der Waals surface area contributed by atoms with Crippen LogP contribution < -0.4 is 11.4 Å². The van der Waals surface area contributed by atoms with Gasteiger partial charge in [-0.1, -0.05) is 0 Å². The molecular formula is C7H5N4O2. The van der Waals surface area contributed by atoms with Crippen LogP contribution in [0.3, 0.4) is 0 Å². The Balaban J connectivity index is 2.90. The molecule has 2 aromatic heterocycles. The summed E-state index contributed by atoms with van der Waals surface area (Å²) in [6, 6.07) is 2.55. The highest BCUT2D eigenvalue weighted by Crippen LogP contribution is 2.08. The summed E-state index contributed by atoms with van der Waals surface area (Å²) in [7, 11) is 0. The van der Waals surface area contributed by atoms with Gasteiger partial charge in [0, 0.05) is 12.3 Å². The molecule has 4 N–H and O–H groups in total. The van der Waals surface area contributed by atoms with Crippen LogP contribution in [-0.2, 0) is 0 Å². The normalized spacial score (nSPS) is 10.5. The smallest absolute Gasteiger partial charge is 0.325 e. The fourth-order valence-electron chi connectivity index (χ4n) is 1.08. The van der Waals surface area contributed by atoms with Gasteiger partial charge in [0.05, 0.1) is 11.1 Å². The molecule has 1 amide bonds. The minimum Gasteiger partial charge on any atom is -0.366 e. The van der Waals surface area contributed by atoms with Crippen LogP contribution in [0.5, 0.6) is 0 Å². The van der Waals surface area contributed by atoms with E-state index in [1.54, 1.807) is 0 Å². The molecule has 0 aliphatic rings. The highest BCUT2D eigenvalue weighted by Gasteiger charge is 2.09. The molecule has 0 atom stereocenters. The fraction of sp³-hybridized carbons (Fsp3) is 0. The number of hydrogen-bond acceptors (Lipinski definition) is 3. The molecule has 6 nitrogen and oxygen atoms in total. The molecule has 2 rings (SSSR count). The first-order valence-corrected chi connectivity index (χ1v) is 3.47. The Labute approximate surface area is 71.8 Å². The van der Waals surface area contributed by atoms with Gasteiger partial charge in [-0.3, -0.25) is 9.78 Å². The topological polar surface area (TPSA) is 105 Å². The summed E-state index contributed by atoms with van der Waals surface area (Å²) >= 11 is 0. The monoisotopic (exact) mass is 177 g/mol. The molecule has 0 aliphatic heterocycles. The summed E-state index contributed by atoms with van der Waals surface area (Å²) in [6.45, 7) is 0. The van der Waals surface area contributed by atoms with Gasteiger partial charge in [-0.25, -0.2) is 9.78 Å². The van der Waals surface area contributed by atoms with Crippen molar-refractivity contribution in [2.45, 2.75) is 0 Å². The Hall–Kier alpha value is -2.11. The molecule has 1 radical (unpaired) electrons. The number of nitrogens with two attached hydrogens (primary N) is 1. The van der Waals surface area contributed by atoms with E-state index in [-0.39, 0.29) is 5.56 Å². The number of nitrogens with zero attached hydrogens (tertiary/aromatic N) is 1. The van der Waals surface area contributed by atoms with Gasteiger partial charge < -0.3 is 10.7 Å². The number of aromatic amines is 2. The van der Waals surface area contributed by atoms with Crippen LogP contribution in [0.25, 0.3) is 11.2 Å². The first-order valence-electron chi connectivity index (χ1n) is 3.47. The molecule has 65 valence electrons. The second-order valence-corrected chi connectivity index (χ2v) is 2.44. The van der Waals surface area contributed by atoms with Gasteiger partial charge in [0.15, 0.2) is 5.65 Å². The number of primary amides is 1. The minimum absolute atomic E-state index is 0.128. The Morgan fingerprint density at radius 3 is 3.00 bits per heavy atom. The molecule has 0 unspecified atom stereocenters. The predicted octanol–water partition coefficient (Wildman–Crippen LogP) is -0.850. The summed E-state index contributed by atoms with van der Waals surface area (Å²) in [6.07, 6.45) is 1.28. The lowest BCUT2D eigenvalue weighted by atomic mass is 10.2. The van der Waals surface area contributed by atoms with Gasteiger partial charge in [-0.05, 0) is 0 Å². The van der Waals surface area contributed by atoms with Gasteiger partial charge in [0.25, 0.3) is 5.91 Å². The highest BCUT2D eigenvalue weighted by atomic mass is 16.1. The van der Waals surface area contributed by atoms with Crippen LogP contribution in [-0.4, -0.2) is 20.9 Å². The number of rotatable bonds is 1. The van der Waals surface area contributed by atoms with E-state index >= 15 is 0 Å². The van der Waals surface area contributed by atoms with Crippen molar-refractivity contribution < 1.29 is 4.79 Å². The number of carbonyl (C=O) groups is 1. The summed E-state index contributed by atoms with van der Waals surface area (Å²) in [4.78, 5) is 30.3. The van der Waals surface area contributed by atoms with Crippen molar-refractivity contribution in [3.8, 4) is 0 Å². The molecule has 0 aliphatic carbocycles. The molecule has 6 heteroatoms. The second kappa shape index (κ2) is 2.44. The van der Waals surface area contributed by atoms with Crippen LogP contribution in [0, 0.1) is 6.07 Å². The largest absolute Gasteiger partial charge is 0.366 e. The molecule has 0 saturated heterocycles. The summed E-state index contributed by atoms with van der Waals surface area (Å²) in [5, 5.41) is 0. The van der Waals surface area contributed by atoms with Crippen LogP contribution in [0.1, 0.15) is 10.4 Å². The molecule has 0 saturated carbocycles. The number of pyridine rings is 1. The summed E-state index contributed by atoms with van der Waals surface area (Å²) in [5.41, 5.74) is 5.35. The number of imidazole rings is 1. The number of H-pyrrole nitrogens is 2. The van der Waals surface area contributed by atoms with Gasteiger partial charge in [-0.15, -0.1) is 0 Å². The lowest BCUT2D eigenvalue weighted by molar-refractivity contribution is 0.100. The zero-order chi connectivity index (χ0) is 9.42. The van der Waals surface area contributed by atoms with E-state index in [9.17, 15) is 9.59 Å². The zero-order valence-electron chi connectivity index (χ0n) is 6.42. The third-order valence-corrected chi connectivity index (χ3v) is 1.61. The van der Waals surface area contributed by atoms with Crippen molar-refractivity contribution in [1.29, 1.82) is 0 Å². The van der Waals surface area contributed by atoms with Crippen molar-refractivity contribution in [1.82, 2.24) is 15.0 Å². The van der Waals surface area contributed by atoms with E-state index in [0.29, 0.717) is 11.2 Å². The maximum absolute atomic E-state index is 10.9. The van der Waals surface area contributed by atoms with E-state index in [2.05, 4.69) is 21.0 Å². The van der Waals surface area contributed by atoms with Crippen LogP contribution in [0.2, 0.25) is 0 Å². The van der Waals surface area contributed by atoms with Gasteiger partial charge >= 0.3 is 5.69 Å². The average Bonchev–Trinajstić information content (AvgIpc) is 2.43. The third kappa shape index (κ3) is 1.08. The molecular weight excluding hydrogens is 172 g/mol. The fourth-order valence-corrected chi connectivity index (χ4v) is 1.08. The van der Waals surface area contributed by atoms with Crippen LogP contribution >= 0.6 is 0 Å². The van der Waals surface area contributed by atoms with E-state index < -0.39 is 11.6 Å². The number of fused-ring (bicyclic) bond motifs is 1. The van der Waals surface area contributed by atoms with Crippen molar-refractivity contribution in [3.05, 3.63) is 28.3 Å². The molecule has 0 spiro atoms. The number of carbonyl (C=O) groups excluding carboxylic acids is 1. The maximum Gasteiger partial charge on any atom is 0.325 e. The standard InChI is InChI=1S/C7H5N4O2/c8-5(12)3-1-2-9-6-4(3)10-7(13)11-6/h2H,(H2,8,12)(H2,9,10,11,13). The van der Waals surface area contributed by atoms with Gasteiger partial charge in [0.2, 0.25) is 0 Å². The third-order valence-electron chi connectivity index (χ3n) is 1.61. The molecule has 0 aromatic carbocycles. The van der Waals surface area contributed by atoms with Crippen molar-refractivity contribution in [2.75, 3.05) is 0 Å². The number of hydrogen-bond donors (Lipinski definition) is 3. The lowest BCUT2D eigenvalue weighted by Gasteiger charge is -1.93. The lowest BCUT2D eigenvalue weighted by Crippen LogP contribution is -2.12. The highest BCUT2D eigenvalue weighted by molar-refractivity contribution is 6.02. The number of aromatic nitrogens is 3. The van der Waals surface area contributed by atoms with E-state index in [4.69, 9.17) is 5.73 Å². The molecule has 0 bridgehead atoms. The quantitative estimate of drug-likeness (QED) is 0.528.